The summed E-state index contributed by atoms with van der Waals surface area (Å²) < 4.78 is 25.0. The van der Waals surface area contributed by atoms with Crippen molar-refractivity contribution in [1.82, 2.24) is 15.3 Å². The maximum atomic E-state index is 14.8. The first kappa shape index (κ1) is 20.6. The van der Waals surface area contributed by atoms with Crippen LogP contribution in [-0.4, -0.2) is 87.9 Å². The van der Waals surface area contributed by atoms with Crippen molar-refractivity contribution in [3.05, 3.63) is 24.0 Å². The molecule has 8 nitrogen and oxygen atoms in total. The zero-order valence-electron chi connectivity index (χ0n) is 16.4. The van der Waals surface area contributed by atoms with Crippen molar-refractivity contribution < 1.29 is 18.7 Å². The van der Waals surface area contributed by atoms with Gasteiger partial charge in [-0.25, -0.2) is 19.2 Å². The lowest BCUT2D eigenvalue weighted by molar-refractivity contribution is 0.0439. The minimum atomic E-state index is -0.500. The molecule has 154 valence electrons. The van der Waals surface area contributed by atoms with Crippen molar-refractivity contribution >= 4 is 34.9 Å². The normalized spacial score (nSPS) is 21.4. The topological polar surface area (TPSA) is 60.5 Å². The number of thiocarbonyl (C=S) groups is 1. The number of ether oxygens (including phenoxy) is 2. The second kappa shape index (κ2) is 8.89. The molecule has 1 aromatic rings. The Kier molecular flexibility index (Phi) is 6.53. The average molecular weight is 412 g/mol. The van der Waals surface area contributed by atoms with E-state index in [1.165, 1.54) is 18.1 Å². The van der Waals surface area contributed by atoms with Crippen LogP contribution in [0.4, 0.5) is 20.6 Å². The Morgan fingerprint density at radius 3 is 2.57 bits per heavy atom. The predicted molar refractivity (Wildman–Crippen MR) is 109 cm³/mol. The minimum absolute atomic E-state index is 0.235. The molecule has 0 unspecified atom stereocenters. The number of amides is 1. The number of hydrazine groups is 1. The molecule has 0 saturated carbocycles. The van der Waals surface area contributed by atoms with Crippen molar-refractivity contribution in [2.75, 3.05) is 70.3 Å². The molecule has 10 heteroatoms. The van der Waals surface area contributed by atoms with Crippen molar-refractivity contribution in [2.24, 2.45) is 0 Å². The number of likely N-dealkylation sites (N-methyl/N-ethyl adjacent to an activating group) is 2. The van der Waals surface area contributed by atoms with Crippen LogP contribution in [-0.2, 0) is 9.47 Å². The highest BCUT2D eigenvalue weighted by Crippen LogP contribution is 2.28. The van der Waals surface area contributed by atoms with Gasteiger partial charge in [0.25, 0.3) is 5.17 Å². The summed E-state index contributed by atoms with van der Waals surface area (Å²) >= 11 is 4.91. The Labute approximate surface area is 169 Å². The number of rotatable bonds is 4. The maximum absolute atomic E-state index is 14.8. The molecular formula is C18H26FN5O3S. The Hall–Kier alpha value is -2.17. The summed E-state index contributed by atoms with van der Waals surface area (Å²) in [5.74, 6) is -0.348. The predicted octanol–water partition coefficient (Wildman–Crippen LogP) is 1.27. The first-order chi connectivity index (χ1) is 13.4. The van der Waals surface area contributed by atoms with Crippen LogP contribution in [0.5, 0.6) is 0 Å². The fourth-order valence-corrected chi connectivity index (χ4v) is 3.34. The molecule has 1 aromatic carbocycles. The molecular weight excluding hydrogens is 385 g/mol. The summed E-state index contributed by atoms with van der Waals surface area (Å²) in [5, 5.41) is 7.34. The van der Waals surface area contributed by atoms with E-state index in [0.717, 1.165) is 26.2 Å². The molecule has 0 aromatic heterocycles. The number of hydrogen-bond acceptors (Lipinski definition) is 7. The van der Waals surface area contributed by atoms with Crippen molar-refractivity contribution in [3.63, 3.8) is 0 Å². The molecule has 2 heterocycles. The number of nitrogens with zero attached hydrogens (tertiary/aromatic N) is 4. The quantitative estimate of drug-likeness (QED) is 0.744. The van der Waals surface area contributed by atoms with Crippen LogP contribution in [0.1, 0.15) is 0 Å². The second-order valence-corrected chi connectivity index (χ2v) is 7.24. The molecule has 0 bridgehead atoms. The molecule has 0 radical (unpaired) electrons. The number of nitrogens with one attached hydrogen (secondary N) is 1. The van der Waals surface area contributed by atoms with E-state index >= 15 is 0 Å². The average Bonchev–Trinajstić information content (AvgIpc) is 2.98. The molecule has 2 saturated heterocycles. The Morgan fingerprint density at radius 2 is 1.96 bits per heavy atom. The fraction of sp³-hybridized carbons (Fsp3) is 0.556. The molecule has 28 heavy (non-hydrogen) atoms. The van der Waals surface area contributed by atoms with Gasteiger partial charge in [0.2, 0.25) is 0 Å². The third-order valence-corrected chi connectivity index (χ3v) is 5.40. The summed E-state index contributed by atoms with van der Waals surface area (Å²) in [6, 6.07) is 4.88. The number of carbonyl (C=O) groups is 1. The van der Waals surface area contributed by atoms with Gasteiger partial charge >= 0.3 is 6.09 Å². The maximum Gasteiger partial charge on any atom is 0.414 e. The molecule has 1 atom stereocenters. The van der Waals surface area contributed by atoms with E-state index in [2.05, 4.69) is 15.3 Å². The molecule has 0 aliphatic carbocycles. The Morgan fingerprint density at radius 1 is 1.29 bits per heavy atom. The standard InChI is InChI=1S/C18H26FN5O3S/c1-21-6-8-23(9-7-22(21)2)16-5-4-13(10-15(16)19)24-12-14(27-18(24)25)11-20-17(28)26-3/h4-5,10,14H,6-9,11-12H2,1-3H3,(H,20,28)/t14-/m0/s1. The lowest BCUT2D eigenvalue weighted by atomic mass is 10.2. The number of cyclic esters (lactones) is 1. The molecule has 1 amide bonds. The number of anilines is 2. The first-order valence-corrected chi connectivity index (χ1v) is 9.56. The molecule has 2 aliphatic rings. The summed E-state index contributed by atoms with van der Waals surface area (Å²) in [4.78, 5) is 15.6. The molecule has 3 rings (SSSR count). The van der Waals surface area contributed by atoms with Crippen LogP contribution in [0.3, 0.4) is 0 Å². The summed E-state index contributed by atoms with van der Waals surface area (Å²) in [5.41, 5.74) is 1.02. The lowest BCUT2D eigenvalue weighted by Gasteiger charge is -2.24. The van der Waals surface area contributed by atoms with E-state index in [4.69, 9.17) is 21.7 Å². The van der Waals surface area contributed by atoms with Gasteiger partial charge in [0.15, 0.2) is 0 Å². The molecule has 1 N–H and O–H groups in total. The van der Waals surface area contributed by atoms with Crippen molar-refractivity contribution in [1.29, 1.82) is 0 Å². The first-order valence-electron chi connectivity index (χ1n) is 9.15. The van der Waals surface area contributed by atoms with Crippen LogP contribution < -0.4 is 15.1 Å². The fourth-order valence-electron chi connectivity index (χ4n) is 3.25. The zero-order chi connectivity index (χ0) is 20.3. The van der Waals surface area contributed by atoms with Gasteiger partial charge < -0.3 is 19.7 Å². The number of benzene rings is 1. The van der Waals surface area contributed by atoms with E-state index in [-0.39, 0.29) is 17.1 Å². The number of halogens is 1. The van der Waals surface area contributed by atoms with Gasteiger partial charge in [0.1, 0.15) is 11.9 Å². The van der Waals surface area contributed by atoms with Crippen LogP contribution in [0.25, 0.3) is 0 Å². The minimum Gasteiger partial charge on any atom is -0.474 e. The SMILES string of the molecule is COC(=S)NC[C@H]1CN(c2ccc(N3CCN(C)N(C)CC3)c(F)c2)C(=O)O1. The Bertz CT molecular complexity index is 725. The van der Waals surface area contributed by atoms with E-state index in [1.54, 1.807) is 12.1 Å². The second-order valence-electron chi connectivity index (χ2n) is 6.87. The zero-order valence-corrected chi connectivity index (χ0v) is 17.2. The van der Waals surface area contributed by atoms with Gasteiger partial charge in [-0.05, 0) is 30.4 Å². The van der Waals surface area contributed by atoms with Gasteiger partial charge in [-0.2, -0.15) is 0 Å². The summed E-state index contributed by atoms with van der Waals surface area (Å²) in [6.45, 7) is 3.74. The van der Waals surface area contributed by atoms with Gasteiger partial charge in [-0.3, -0.25) is 4.90 Å². The van der Waals surface area contributed by atoms with Crippen molar-refractivity contribution in [2.45, 2.75) is 6.10 Å². The van der Waals surface area contributed by atoms with Crippen LogP contribution >= 0.6 is 12.2 Å². The van der Waals surface area contributed by atoms with Crippen LogP contribution in [0, 0.1) is 5.82 Å². The van der Waals surface area contributed by atoms with Gasteiger partial charge in [0.05, 0.1) is 31.6 Å². The highest BCUT2D eigenvalue weighted by Gasteiger charge is 2.33. The van der Waals surface area contributed by atoms with E-state index in [9.17, 15) is 9.18 Å². The van der Waals surface area contributed by atoms with Crippen molar-refractivity contribution in [3.8, 4) is 0 Å². The van der Waals surface area contributed by atoms with E-state index in [1.807, 2.05) is 19.0 Å². The van der Waals surface area contributed by atoms with Crippen LogP contribution in [0.2, 0.25) is 0 Å². The largest absolute Gasteiger partial charge is 0.474 e. The lowest BCUT2D eigenvalue weighted by Crippen LogP contribution is -2.37. The highest BCUT2D eigenvalue weighted by atomic mass is 32.1. The van der Waals surface area contributed by atoms with Gasteiger partial charge in [-0.15, -0.1) is 0 Å². The molecule has 2 fully saturated rings. The highest BCUT2D eigenvalue weighted by molar-refractivity contribution is 7.80. The van der Waals surface area contributed by atoms with Crippen LogP contribution in [0.15, 0.2) is 18.2 Å². The van der Waals surface area contributed by atoms with E-state index in [0.29, 0.717) is 24.5 Å². The number of methoxy groups -OCH3 is 1. The van der Waals surface area contributed by atoms with Gasteiger partial charge in [0, 0.05) is 40.3 Å². The number of carbonyl (C=O) groups excluding carboxylic acids is 1. The number of hydrogen-bond donors (Lipinski definition) is 1. The molecule has 2 aliphatic heterocycles. The monoisotopic (exact) mass is 411 g/mol. The smallest absolute Gasteiger partial charge is 0.414 e. The molecule has 0 spiro atoms. The summed E-state index contributed by atoms with van der Waals surface area (Å²) in [7, 11) is 5.51. The van der Waals surface area contributed by atoms with E-state index < -0.39 is 6.09 Å². The third kappa shape index (κ3) is 4.62. The van der Waals surface area contributed by atoms with Gasteiger partial charge in [-0.1, -0.05) is 0 Å². The third-order valence-electron chi connectivity index (χ3n) is 5.09. The Balaban J connectivity index is 1.67. The summed E-state index contributed by atoms with van der Waals surface area (Å²) in [6.07, 6.45) is -0.889.